The maximum absolute atomic E-state index is 12.6. The number of hydrogen-bond donors (Lipinski definition) is 2. The number of carboxylic acid groups (broad SMARTS) is 1. The van der Waals surface area contributed by atoms with Crippen LogP contribution in [0.3, 0.4) is 0 Å². The maximum atomic E-state index is 12.6. The molecule has 0 aliphatic heterocycles. The fraction of sp³-hybridized carbons (Fsp3) is 0.0952. The van der Waals surface area contributed by atoms with E-state index in [9.17, 15) is 13.2 Å². The number of thiophene rings is 1. The first-order valence-corrected chi connectivity index (χ1v) is 10.8. The Labute approximate surface area is 167 Å². The van der Waals surface area contributed by atoms with Gasteiger partial charge in [-0.25, -0.2) is 8.42 Å². The summed E-state index contributed by atoms with van der Waals surface area (Å²) in [7, 11) is -3.75. The van der Waals surface area contributed by atoms with Crippen LogP contribution in [0.25, 0.3) is 0 Å². The number of carboxylic acids is 1. The number of rotatable bonds is 6. The lowest BCUT2D eigenvalue weighted by atomic mass is 10.1. The highest BCUT2D eigenvalue weighted by Crippen LogP contribution is 2.18. The lowest BCUT2D eigenvalue weighted by molar-refractivity contribution is -0.136. The molecule has 0 bridgehead atoms. The molecule has 1 heterocycles. The highest BCUT2D eigenvalue weighted by atomic mass is 32.2. The molecule has 2 aromatic carbocycles. The molecule has 0 saturated heterocycles. The molecule has 2 N–H and O–H groups in total. The van der Waals surface area contributed by atoms with Crippen LogP contribution in [0.4, 0.5) is 5.69 Å². The second kappa shape index (κ2) is 8.74. The van der Waals surface area contributed by atoms with Crippen LogP contribution in [0, 0.1) is 11.8 Å². The van der Waals surface area contributed by atoms with Gasteiger partial charge in [0, 0.05) is 12.0 Å². The van der Waals surface area contributed by atoms with E-state index in [1.54, 1.807) is 41.7 Å². The Bertz CT molecular complexity index is 1120. The van der Waals surface area contributed by atoms with Gasteiger partial charge in [-0.1, -0.05) is 36.1 Å². The van der Waals surface area contributed by atoms with Crippen molar-refractivity contribution in [3.63, 3.8) is 0 Å². The quantitative estimate of drug-likeness (QED) is 0.601. The smallest absolute Gasteiger partial charge is 0.303 e. The van der Waals surface area contributed by atoms with Crippen LogP contribution < -0.4 is 4.72 Å². The van der Waals surface area contributed by atoms with E-state index >= 15 is 0 Å². The summed E-state index contributed by atoms with van der Waals surface area (Å²) in [4.78, 5) is 11.7. The van der Waals surface area contributed by atoms with Crippen LogP contribution >= 0.6 is 11.3 Å². The zero-order valence-corrected chi connectivity index (χ0v) is 16.4. The molecule has 7 heteroatoms. The monoisotopic (exact) mass is 411 g/mol. The minimum absolute atomic E-state index is 0.00362. The first kappa shape index (κ1) is 19.7. The van der Waals surface area contributed by atoms with Crippen molar-refractivity contribution in [1.82, 2.24) is 0 Å². The summed E-state index contributed by atoms with van der Waals surface area (Å²) >= 11 is 1.54. The molecule has 0 aliphatic rings. The molecule has 1 aromatic heterocycles. The lowest BCUT2D eigenvalue weighted by Gasteiger charge is -2.09. The third-order valence-corrected chi connectivity index (χ3v) is 6.01. The van der Waals surface area contributed by atoms with E-state index in [1.807, 2.05) is 23.6 Å². The van der Waals surface area contributed by atoms with Crippen LogP contribution in [0.5, 0.6) is 0 Å². The summed E-state index contributed by atoms with van der Waals surface area (Å²) in [6, 6.07) is 16.9. The molecule has 0 spiro atoms. The first-order chi connectivity index (χ1) is 13.4. The molecular formula is C21H17NO4S2. The van der Waals surface area contributed by atoms with E-state index in [4.69, 9.17) is 5.11 Å². The number of hydrogen-bond acceptors (Lipinski definition) is 4. The second-order valence-corrected chi connectivity index (χ2v) is 8.58. The standard InChI is InChI=1S/C21H17NO4S2/c23-21(24)13-9-16-7-11-20(12-8-16)28(25,26)22-18-4-1-3-17(15-18)6-10-19-5-2-14-27-19/h1-5,7-8,11-12,14-15,22H,9,13H2,(H,23,24). The molecule has 0 radical (unpaired) electrons. The van der Waals surface area contributed by atoms with Crippen molar-refractivity contribution in [2.24, 2.45) is 0 Å². The van der Waals surface area contributed by atoms with Gasteiger partial charge in [0.25, 0.3) is 10.0 Å². The summed E-state index contributed by atoms with van der Waals surface area (Å²) < 4.78 is 27.7. The van der Waals surface area contributed by atoms with Gasteiger partial charge >= 0.3 is 5.97 Å². The van der Waals surface area contributed by atoms with E-state index in [0.717, 1.165) is 10.4 Å². The number of carbonyl (C=O) groups is 1. The van der Waals surface area contributed by atoms with Crippen molar-refractivity contribution in [2.75, 3.05) is 4.72 Å². The lowest BCUT2D eigenvalue weighted by Crippen LogP contribution is -2.13. The zero-order chi connectivity index (χ0) is 20.0. The number of aryl methyl sites for hydroxylation is 1. The van der Waals surface area contributed by atoms with Crippen molar-refractivity contribution in [1.29, 1.82) is 0 Å². The average Bonchev–Trinajstić information content (AvgIpc) is 3.19. The first-order valence-electron chi connectivity index (χ1n) is 8.41. The van der Waals surface area contributed by atoms with Crippen LogP contribution in [0.15, 0.2) is 70.9 Å². The Morgan fingerprint density at radius 3 is 2.50 bits per heavy atom. The van der Waals surface area contributed by atoms with Gasteiger partial charge < -0.3 is 5.11 Å². The topological polar surface area (TPSA) is 83.5 Å². The molecule has 0 atom stereocenters. The number of nitrogens with one attached hydrogen (secondary N) is 1. The summed E-state index contributed by atoms with van der Waals surface area (Å²) in [5.74, 6) is 5.17. The minimum atomic E-state index is -3.75. The molecule has 0 saturated carbocycles. The number of anilines is 1. The molecule has 0 unspecified atom stereocenters. The van der Waals surface area contributed by atoms with Crippen LogP contribution in [-0.4, -0.2) is 19.5 Å². The molecule has 3 rings (SSSR count). The van der Waals surface area contributed by atoms with Gasteiger partial charge in [0.05, 0.1) is 15.5 Å². The summed E-state index contributed by atoms with van der Waals surface area (Å²) in [5.41, 5.74) is 1.90. The fourth-order valence-corrected chi connectivity index (χ4v) is 4.06. The van der Waals surface area contributed by atoms with Crippen molar-refractivity contribution >= 4 is 33.0 Å². The average molecular weight is 412 g/mol. The van der Waals surface area contributed by atoms with Crippen molar-refractivity contribution < 1.29 is 18.3 Å². The number of aliphatic carboxylic acids is 1. The molecule has 142 valence electrons. The summed E-state index contributed by atoms with van der Waals surface area (Å²) in [5, 5.41) is 10.7. The van der Waals surface area contributed by atoms with Crippen molar-refractivity contribution in [2.45, 2.75) is 17.7 Å². The minimum Gasteiger partial charge on any atom is -0.481 e. The third-order valence-electron chi connectivity index (χ3n) is 3.83. The van der Waals surface area contributed by atoms with E-state index in [1.165, 1.54) is 12.1 Å². The van der Waals surface area contributed by atoms with Crippen LogP contribution in [-0.2, 0) is 21.2 Å². The normalized spacial score (nSPS) is 10.7. The summed E-state index contributed by atoms with van der Waals surface area (Å²) in [6.45, 7) is 0. The molecule has 5 nitrogen and oxygen atoms in total. The Kier molecular flexibility index (Phi) is 6.14. The Morgan fingerprint density at radius 1 is 1.04 bits per heavy atom. The van der Waals surface area contributed by atoms with Gasteiger partial charge in [-0.05, 0) is 53.8 Å². The highest BCUT2D eigenvalue weighted by molar-refractivity contribution is 7.92. The highest BCUT2D eigenvalue weighted by Gasteiger charge is 2.14. The summed E-state index contributed by atoms with van der Waals surface area (Å²) in [6.07, 6.45) is 0.359. The van der Waals surface area contributed by atoms with E-state index in [0.29, 0.717) is 17.7 Å². The van der Waals surface area contributed by atoms with Crippen LogP contribution in [0.1, 0.15) is 22.4 Å². The van der Waals surface area contributed by atoms with Gasteiger partial charge in [-0.3, -0.25) is 9.52 Å². The Morgan fingerprint density at radius 2 is 1.82 bits per heavy atom. The molecule has 3 aromatic rings. The van der Waals surface area contributed by atoms with Gasteiger partial charge in [0.15, 0.2) is 0 Å². The number of benzene rings is 2. The van der Waals surface area contributed by atoms with Crippen molar-refractivity contribution in [3.8, 4) is 11.8 Å². The third kappa shape index (κ3) is 5.46. The van der Waals surface area contributed by atoms with Crippen molar-refractivity contribution in [3.05, 3.63) is 82.0 Å². The molecule has 0 amide bonds. The molecular weight excluding hydrogens is 394 g/mol. The maximum Gasteiger partial charge on any atom is 0.303 e. The molecule has 0 aliphatic carbocycles. The molecule has 0 fully saturated rings. The number of sulfonamides is 1. The van der Waals surface area contributed by atoms with E-state index < -0.39 is 16.0 Å². The predicted molar refractivity (Wildman–Crippen MR) is 110 cm³/mol. The zero-order valence-electron chi connectivity index (χ0n) is 14.8. The van der Waals surface area contributed by atoms with Gasteiger partial charge in [-0.2, -0.15) is 0 Å². The van der Waals surface area contributed by atoms with Crippen LogP contribution in [0.2, 0.25) is 0 Å². The fourth-order valence-electron chi connectivity index (χ4n) is 2.44. The SMILES string of the molecule is O=C(O)CCc1ccc(S(=O)(=O)Nc2cccc(C#Cc3cccs3)c2)cc1. The van der Waals surface area contributed by atoms with Gasteiger partial charge in [0.1, 0.15) is 0 Å². The Hall–Kier alpha value is -3.08. The van der Waals surface area contributed by atoms with E-state index in [2.05, 4.69) is 16.6 Å². The largest absolute Gasteiger partial charge is 0.481 e. The van der Waals surface area contributed by atoms with E-state index in [-0.39, 0.29) is 11.3 Å². The second-order valence-electron chi connectivity index (χ2n) is 5.95. The van der Waals surface area contributed by atoms with Gasteiger partial charge in [-0.15, -0.1) is 11.3 Å². The Balaban J connectivity index is 1.73. The van der Waals surface area contributed by atoms with Gasteiger partial charge in [0.2, 0.25) is 0 Å². The predicted octanol–water partition coefficient (Wildman–Crippen LogP) is 3.97. The molecule has 28 heavy (non-hydrogen) atoms.